The summed E-state index contributed by atoms with van der Waals surface area (Å²) in [6.07, 6.45) is -3.00. The van der Waals surface area contributed by atoms with E-state index in [4.69, 9.17) is 16.3 Å². The Morgan fingerprint density at radius 1 is 1.00 bits per heavy atom. The number of aromatic nitrogens is 2. The van der Waals surface area contributed by atoms with Crippen molar-refractivity contribution in [3.05, 3.63) is 65.3 Å². The highest BCUT2D eigenvalue weighted by Gasteiger charge is 2.31. The normalized spacial score (nSPS) is 11.1. The fourth-order valence-electron chi connectivity index (χ4n) is 2.23. The van der Waals surface area contributed by atoms with Crippen molar-refractivity contribution in [1.29, 1.82) is 0 Å². The molecule has 0 bridgehead atoms. The zero-order valence-corrected chi connectivity index (χ0v) is 14.8. The number of ether oxygens (including phenoxy) is 1. The zero-order valence-electron chi connectivity index (χ0n) is 14.0. The van der Waals surface area contributed by atoms with Gasteiger partial charge in [0.05, 0.1) is 23.4 Å². The number of nitrogens with zero attached hydrogens (tertiary/aromatic N) is 2. The van der Waals surface area contributed by atoms with Gasteiger partial charge in [0.15, 0.2) is 0 Å². The first-order chi connectivity index (χ1) is 12.8. The van der Waals surface area contributed by atoms with Gasteiger partial charge < -0.3 is 15.4 Å². The second-order valence-electron chi connectivity index (χ2n) is 5.44. The van der Waals surface area contributed by atoms with E-state index in [2.05, 4.69) is 20.6 Å². The van der Waals surface area contributed by atoms with Crippen molar-refractivity contribution >= 4 is 34.7 Å². The first-order valence-electron chi connectivity index (χ1n) is 7.73. The molecule has 9 heteroatoms. The van der Waals surface area contributed by atoms with E-state index in [1.807, 2.05) is 0 Å². The minimum Gasteiger partial charge on any atom is -0.497 e. The quantitative estimate of drug-likeness (QED) is 0.586. The molecule has 0 saturated heterocycles. The molecule has 3 rings (SSSR count). The molecule has 27 heavy (non-hydrogen) atoms. The lowest BCUT2D eigenvalue weighted by atomic mass is 10.2. The number of methoxy groups -OCH3 is 1. The van der Waals surface area contributed by atoms with E-state index in [0.717, 1.165) is 17.8 Å². The van der Waals surface area contributed by atoms with E-state index in [1.54, 1.807) is 37.4 Å². The molecule has 0 aliphatic heterocycles. The summed E-state index contributed by atoms with van der Waals surface area (Å²) >= 11 is 5.98. The molecule has 2 N–H and O–H groups in total. The summed E-state index contributed by atoms with van der Waals surface area (Å²) in [6, 6.07) is 11.8. The van der Waals surface area contributed by atoms with Gasteiger partial charge in [0.2, 0.25) is 5.95 Å². The molecular formula is C18H14ClF3N4O. The highest BCUT2D eigenvalue weighted by atomic mass is 35.5. The Morgan fingerprint density at radius 3 is 2.41 bits per heavy atom. The fraction of sp³-hybridized carbons (Fsp3) is 0.111. The summed E-state index contributed by atoms with van der Waals surface area (Å²) in [5.41, 5.74) is 0.00699. The van der Waals surface area contributed by atoms with Crippen molar-refractivity contribution in [1.82, 2.24) is 9.97 Å². The van der Waals surface area contributed by atoms with Crippen LogP contribution in [0.2, 0.25) is 5.02 Å². The number of hydrogen-bond donors (Lipinski definition) is 2. The minimum atomic E-state index is -4.47. The monoisotopic (exact) mass is 394 g/mol. The minimum absolute atomic E-state index is 0.0630. The van der Waals surface area contributed by atoms with Crippen LogP contribution >= 0.6 is 11.6 Å². The first-order valence-corrected chi connectivity index (χ1v) is 8.11. The highest BCUT2D eigenvalue weighted by Crippen LogP contribution is 2.34. The van der Waals surface area contributed by atoms with E-state index >= 15 is 0 Å². The number of alkyl halides is 3. The van der Waals surface area contributed by atoms with Gasteiger partial charge in [-0.15, -0.1) is 0 Å². The van der Waals surface area contributed by atoms with Crippen molar-refractivity contribution in [2.75, 3.05) is 17.7 Å². The van der Waals surface area contributed by atoms with Crippen LogP contribution in [0.3, 0.4) is 0 Å². The van der Waals surface area contributed by atoms with Gasteiger partial charge in [0.25, 0.3) is 0 Å². The number of benzene rings is 2. The summed E-state index contributed by atoms with van der Waals surface area (Å²) in [4.78, 5) is 8.25. The molecule has 0 fully saturated rings. The zero-order chi connectivity index (χ0) is 19.4. The first kappa shape index (κ1) is 18.8. The maximum absolute atomic E-state index is 12.9. The standard InChI is InChI=1S/C18H14ClF3N4O/c1-27-13-5-3-12(4-6-13)24-16-8-9-23-17(26-16)25-15-10-11(18(20,21)22)2-7-14(15)19/h2-10H,1H3,(H2,23,24,25,26). The molecule has 2 aromatic carbocycles. The molecule has 0 amide bonds. The van der Waals surface area contributed by atoms with Gasteiger partial charge >= 0.3 is 6.18 Å². The average Bonchev–Trinajstić information content (AvgIpc) is 2.63. The number of halogens is 4. The lowest BCUT2D eigenvalue weighted by molar-refractivity contribution is -0.137. The SMILES string of the molecule is COc1ccc(Nc2ccnc(Nc3cc(C(F)(F)F)ccc3Cl)n2)cc1. The maximum Gasteiger partial charge on any atom is 0.416 e. The van der Waals surface area contributed by atoms with E-state index in [1.165, 1.54) is 12.3 Å². The van der Waals surface area contributed by atoms with Crippen LogP contribution in [0.25, 0.3) is 0 Å². The Labute approximate surface area is 158 Å². The molecule has 0 aliphatic rings. The van der Waals surface area contributed by atoms with Crippen molar-refractivity contribution < 1.29 is 17.9 Å². The molecule has 140 valence electrons. The average molecular weight is 395 g/mol. The number of hydrogen-bond acceptors (Lipinski definition) is 5. The van der Waals surface area contributed by atoms with Crippen molar-refractivity contribution in [3.8, 4) is 5.75 Å². The molecule has 0 unspecified atom stereocenters. The third-order valence-electron chi connectivity index (χ3n) is 3.56. The number of anilines is 4. The predicted octanol–water partition coefficient (Wildman–Crippen LogP) is 5.64. The van der Waals surface area contributed by atoms with E-state index < -0.39 is 11.7 Å². The van der Waals surface area contributed by atoms with E-state index in [9.17, 15) is 13.2 Å². The van der Waals surface area contributed by atoms with Gasteiger partial charge in [-0.1, -0.05) is 11.6 Å². The number of rotatable bonds is 5. The Bertz CT molecular complexity index is 933. The maximum atomic E-state index is 12.9. The van der Waals surface area contributed by atoms with Crippen LogP contribution in [-0.4, -0.2) is 17.1 Å². The van der Waals surface area contributed by atoms with Crippen LogP contribution in [-0.2, 0) is 6.18 Å². The van der Waals surface area contributed by atoms with Crippen LogP contribution in [0, 0.1) is 0 Å². The van der Waals surface area contributed by atoms with Crippen molar-refractivity contribution in [2.45, 2.75) is 6.18 Å². The molecule has 3 aromatic rings. The molecule has 1 aromatic heterocycles. The molecular weight excluding hydrogens is 381 g/mol. The predicted molar refractivity (Wildman–Crippen MR) is 98.0 cm³/mol. The molecule has 5 nitrogen and oxygen atoms in total. The van der Waals surface area contributed by atoms with Gasteiger partial charge in [0, 0.05) is 11.9 Å². The molecule has 0 radical (unpaired) electrons. The summed E-state index contributed by atoms with van der Waals surface area (Å²) in [7, 11) is 1.57. The Kier molecular flexibility index (Phi) is 5.36. The smallest absolute Gasteiger partial charge is 0.416 e. The second-order valence-corrected chi connectivity index (χ2v) is 5.84. The second kappa shape index (κ2) is 7.71. The summed E-state index contributed by atoms with van der Waals surface area (Å²) in [5.74, 6) is 1.28. The molecule has 0 saturated carbocycles. The molecule has 0 aliphatic carbocycles. The van der Waals surface area contributed by atoms with Crippen LogP contribution in [0.4, 0.5) is 36.3 Å². The third-order valence-corrected chi connectivity index (χ3v) is 3.89. The third kappa shape index (κ3) is 4.79. The Hall–Kier alpha value is -3.00. The molecule has 0 spiro atoms. The van der Waals surface area contributed by atoms with Gasteiger partial charge in [-0.25, -0.2) is 4.98 Å². The lowest BCUT2D eigenvalue weighted by Gasteiger charge is -2.12. The van der Waals surface area contributed by atoms with Crippen LogP contribution < -0.4 is 15.4 Å². The number of nitrogens with one attached hydrogen (secondary N) is 2. The summed E-state index contributed by atoms with van der Waals surface area (Å²) in [5, 5.41) is 5.91. The van der Waals surface area contributed by atoms with Crippen molar-refractivity contribution in [2.24, 2.45) is 0 Å². The largest absolute Gasteiger partial charge is 0.497 e. The van der Waals surface area contributed by atoms with Gasteiger partial charge in [-0.3, -0.25) is 0 Å². The van der Waals surface area contributed by atoms with Crippen LogP contribution in [0.5, 0.6) is 5.75 Å². The summed E-state index contributed by atoms with van der Waals surface area (Å²) < 4.78 is 43.7. The Morgan fingerprint density at radius 2 is 1.74 bits per heavy atom. The van der Waals surface area contributed by atoms with Crippen LogP contribution in [0.15, 0.2) is 54.7 Å². The fourth-order valence-corrected chi connectivity index (χ4v) is 2.39. The molecule has 0 atom stereocenters. The topological polar surface area (TPSA) is 59.1 Å². The highest BCUT2D eigenvalue weighted by molar-refractivity contribution is 6.33. The summed E-state index contributed by atoms with van der Waals surface area (Å²) in [6.45, 7) is 0. The van der Waals surface area contributed by atoms with Crippen molar-refractivity contribution in [3.63, 3.8) is 0 Å². The Balaban J connectivity index is 1.79. The van der Waals surface area contributed by atoms with Gasteiger partial charge in [-0.05, 0) is 48.5 Å². The lowest BCUT2D eigenvalue weighted by Crippen LogP contribution is -2.06. The molecule has 1 heterocycles. The van der Waals surface area contributed by atoms with Gasteiger partial charge in [0.1, 0.15) is 11.6 Å². The van der Waals surface area contributed by atoms with E-state index in [0.29, 0.717) is 11.6 Å². The van der Waals surface area contributed by atoms with Gasteiger partial charge in [-0.2, -0.15) is 18.2 Å². The van der Waals surface area contributed by atoms with E-state index in [-0.39, 0.29) is 16.7 Å². The van der Waals surface area contributed by atoms with Crippen LogP contribution in [0.1, 0.15) is 5.56 Å².